The second kappa shape index (κ2) is 5.84. The standard InChI is InChI=1S/C13H11N3O4/c14-4-5-20-12(18)10-3-1-2-9(6-10)8-16-11(17)7-15-13(16)19/h1-3,6H,5,7-8H2,(H,15,19). The van der Waals surface area contributed by atoms with Gasteiger partial charge >= 0.3 is 12.0 Å². The molecule has 1 N–H and O–H groups in total. The lowest BCUT2D eigenvalue weighted by molar-refractivity contribution is -0.125. The second-order valence-electron chi connectivity index (χ2n) is 4.07. The monoisotopic (exact) mass is 273 g/mol. The summed E-state index contributed by atoms with van der Waals surface area (Å²) in [5, 5.41) is 10.8. The molecule has 1 fully saturated rings. The minimum Gasteiger partial charge on any atom is -0.447 e. The summed E-state index contributed by atoms with van der Waals surface area (Å²) in [5.41, 5.74) is 0.895. The molecule has 0 atom stereocenters. The van der Waals surface area contributed by atoms with E-state index in [9.17, 15) is 14.4 Å². The Morgan fingerprint density at radius 2 is 2.25 bits per heavy atom. The Kier molecular flexibility index (Phi) is 3.96. The summed E-state index contributed by atoms with van der Waals surface area (Å²) in [5.74, 6) is -0.932. The van der Waals surface area contributed by atoms with Gasteiger partial charge in [0.15, 0.2) is 6.61 Å². The number of nitrogens with zero attached hydrogens (tertiary/aromatic N) is 2. The molecule has 1 aromatic rings. The highest BCUT2D eigenvalue weighted by molar-refractivity contribution is 6.01. The maximum absolute atomic E-state index is 11.6. The van der Waals surface area contributed by atoms with Crippen molar-refractivity contribution in [3.8, 4) is 6.07 Å². The Morgan fingerprint density at radius 3 is 2.90 bits per heavy atom. The van der Waals surface area contributed by atoms with Crippen LogP contribution in [-0.4, -0.2) is 36.0 Å². The number of nitrogens with one attached hydrogen (secondary N) is 1. The molecule has 3 amide bonds. The van der Waals surface area contributed by atoms with E-state index in [2.05, 4.69) is 10.1 Å². The zero-order valence-electron chi connectivity index (χ0n) is 10.5. The predicted octanol–water partition coefficient (Wildman–Crippen LogP) is 0.419. The summed E-state index contributed by atoms with van der Waals surface area (Å²) in [6, 6.07) is 7.63. The fourth-order valence-corrected chi connectivity index (χ4v) is 1.78. The molecule has 0 bridgehead atoms. The third-order valence-corrected chi connectivity index (χ3v) is 2.71. The Bertz CT molecular complexity index is 590. The van der Waals surface area contributed by atoms with Gasteiger partial charge in [0, 0.05) is 0 Å². The van der Waals surface area contributed by atoms with Crippen LogP contribution in [0.5, 0.6) is 0 Å². The lowest BCUT2D eigenvalue weighted by Gasteiger charge is -2.12. The number of carbonyl (C=O) groups is 3. The predicted molar refractivity (Wildman–Crippen MR) is 66.3 cm³/mol. The van der Waals surface area contributed by atoms with Crippen molar-refractivity contribution in [2.24, 2.45) is 0 Å². The summed E-state index contributed by atoms with van der Waals surface area (Å²) in [6.07, 6.45) is 0. The normalized spacial score (nSPS) is 13.8. The van der Waals surface area contributed by atoms with Crippen molar-refractivity contribution < 1.29 is 19.1 Å². The van der Waals surface area contributed by atoms with E-state index in [-0.39, 0.29) is 31.2 Å². The number of carbonyl (C=O) groups excluding carboxylic acids is 3. The van der Waals surface area contributed by atoms with Gasteiger partial charge in [-0.3, -0.25) is 9.69 Å². The first-order valence-corrected chi connectivity index (χ1v) is 5.83. The Balaban J connectivity index is 2.10. The number of ether oxygens (including phenoxy) is 1. The van der Waals surface area contributed by atoms with Crippen LogP contribution in [0.2, 0.25) is 0 Å². The van der Waals surface area contributed by atoms with E-state index in [4.69, 9.17) is 5.26 Å². The molecule has 1 aliphatic heterocycles. The smallest absolute Gasteiger partial charge is 0.339 e. The van der Waals surface area contributed by atoms with Gasteiger partial charge in [0.05, 0.1) is 18.7 Å². The number of hydrogen-bond acceptors (Lipinski definition) is 5. The molecule has 0 unspecified atom stereocenters. The molecule has 1 saturated heterocycles. The fraction of sp³-hybridized carbons (Fsp3) is 0.231. The molecule has 0 radical (unpaired) electrons. The van der Waals surface area contributed by atoms with E-state index in [1.54, 1.807) is 18.2 Å². The van der Waals surface area contributed by atoms with Crippen LogP contribution in [0.4, 0.5) is 4.79 Å². The molecule has 7 nitrogen and oxygen atoms in total. The molecule has 1 aliphatic rings. The molecular weight excluding hydrogens is 262 g/mol. The van der Waals surface area contributed by atoms with Crippen LogP contribution < -0.4 is 5.32 Å². The first-order chi connectivity index (χ1) is 9.61. The quantitative estimate of drug-likeness (QED) is 0.633. The first-order valence-electron chi connectivity index (χ1n) is 5.83. The van der Waals surface area contributed by atoms with Crippen LogP contribution in [-0.2, 0) is 16.1 Å². The largest absolute Gasteiger partial charge is 0.447 e. The summed E-state index contributed by atoms with van der Waals surface area (Å²) in [6.45, 7) is -0.247. The average Bonchev–Trinajstić information content (AvgIpc) is 2.77. The third kappa shape index (κ3) is 2.92. The topological polar surface area (TPSA) is 99.5 Å². The van der Waals surface area contributed by atoms with E-state index in [0.29, 0.717) is 5.56 Å². The number of benzene rings is 1. The molecule has 0 saturated carbocycles. The maximum Gasteiger partial charge on any atom is 0.339 e. The van der Waals surface area contributed by atoms with E-state index >= 15 is 0 Å². The molecule has 1 heterocycles. The van der Waals surface area contributed by atoms with Crippen molar-refractivity contribution in [3.05, 3.63) is 35.4 Å². The van der Waals surface area contributed by atoms with Gasteiger partial charge < -0.3 is 10.1 Å². The van der Waals surface area contributed by atoms with E-state index < -0.39 is 12.0 Å². The molecule has 0 aromatic heterocycles. The van der Waals surface area contributed by atoms with Crippen molar-refractivity contribution in [1.82, 2.24) is 10.2 Å². The highest BCUT2D eigenvalue weighted by atomic mass is 16.5. The number of rotatable bonds is 4. The first kappa shape index (κ1) is 13.5. The van der Waals surface area contributed by atoms with Crippen LogP contribution in [0.25, 0.3) is 0 Å². The third-order valence-electron chi connectivity index (χ3n) is 2.71. The minimum atomic E-state index is -0.620. The van der Waals surface area contributed by atoms with Gasteiger partial charge in [0.1, 0.15) is 6.07 Å². The highest BCUT2D eigenvalue weighted by Crippen LogP contribution is 2.11. The van der Waals surface area contributed by atoms with Crippen LogP contribution in [0.1, 0.15) is 15.9 Å². The lowest BCUT2D eigenvalue weighted by atomic mass is 10.1. The molecular formula is C13H11N3O4. The Hall–Kier alpha value is -2.88. The van der Waals surface area contributed by atoms with E-state index in [1.807, 2.05) is 0 Å². The summed E-state index contributed by atoms with van der Waals surface area (Å²) in [4.78, 5) is 35.5. The van der Waals surface area contributed by atoms with Crippen molar-refractivity contribution in [2.45, 2.75) is 6.54 Å². The van der Waals surface area contributed by atoms with Gasteiger partial charge in [-0.05, 0) is 17.7 Å². The van der Waals surface area contributed by atoms with Gasteiger partial charge in [-0.2, -0.15) is 5.26 Å². The van der Waals surface area contributed by atoms with Gasteiger partial charge in [-0.25, -0.2) is 9.59 Å². The molecule has 0 spiro atoms. The van der Waals surface area contributed by atoms with Crippen molar-refractivity contribution in [3.63, 3.8) is 0 Å². The fourth-order valence-electron chi connectivity index (χ4n) is 1.78. The van der Waals surface area contributed by atoms with E-state index in [1.165, 1.54) is 12.1 Å². The van der Waals surface area contributed by atoms with Crippen molar-refractivity contribution in [2.75, 3.05) is 13.2 Å². The minimum absolute atomic E-state index is 0.0112. The molecule has 2 rings (SSSR count). The Morgan fingerprint density at radius 1 is 1.45 bits per heavy atom. The summed E-state index contributed by atoms with van der Waals surface area (Å²) in [7, 11) is 0. The van der Waals surface area contributed by atoms with Crippen molar-refractivity contribution in [1.29, 1.82) is 5.26 Å². The average molecular weight is 273 g/mol. The number of hydrogen-bond donors (Lipinski definition) is 1. The number of amides is 3. The van der Waals surface area contributed by atoms with Gasteiger partial charge in [-0.15, -0.1) is 0 Å². The number of imide groups is 1. The number of esters is 1. The summed E-state index contributed by atoms with van der Waals surface area (Å²) >= 11 is 0. The van der Waals surface area contributed by atoms with Crippen LogP contribution in [0.3, 0.4) is 0 Å². The zero-order valence-corrected chi connectivity index (χ0v) is 10.5. The van der Waals surface area contributed by atoms with Crippen LogP contribution >= 0.6 is 0 Å². The molecule has 0 aliphatic carbocycles. The zero-order chi connectivity index (χ0) is 14.5. The second-order valence-corrected chi connectivity index (χ2v) is 4.07. The van der Waals surface area contributed by atoms with Gasteiger partial charge in [0.2, 0.25) is 5.91 Å². The maximum atomic E-state index is 11.6. The summed E-state index contributed by atoms with van der Waals surface area (Å²) < 4.78 is 4.68. The Labute approximate surface area is 114 Å². The SMILES string of the molecule is N#CCOC(=O)c1cccc(CN2C(=O)CNC2=O)c1. The van der Waals surface area contributed by atoms with Crippen molar-refractivity contribution >= 4 is 17.9 Å². The lowest BCUT2D eigenvalue weighted by Crippen LogP contribution is -2.30. The van der Waals surface area contributed by atoms with Gasteiger partial charge in [-0.1, -0.05) is 12.1 Å². The molecule has 7 heteroatoms. The van der Waals surface area contributed by atoms with E-state index in [0.717, 1.165) is 4.90 Å². The molecule has 20 heavy (non-hydrogen) atoms. The highest BCUT2D eigenvalue weighted by Gasteiger charge is 2.28. The number of urea groups is 1. The molecule has 102 valence electrons. The van der Waals surface area contributed by atoms with Crippen LogP contribution in [0, 0.1) is 11.3 Å². The number of nitriles is 1. The van der Waals surface area contributed by atoms with Gasteiger partial charge in [0.25, 0.3) is 0 Å². The van der Waals surface area contributed by atoms with Crippen LogP contribution in [0.15, 0.2) is 24.3 Å². The molecule has 1 aromatic carbocycles.